The van der Waals surface area contributed by atoms with Gasteiger partial charge in [0.05, 0.1) is 31.5 Å². The minimum atomic E-state index is -0.617. The smallest absolute Gasteiger partial charge is 0.408 e. The van der Waals surface area contributed by atoms with E-state index >= 15 is 0 Å². The molecule has 0 aromatic carbocycles. The van der Waals surface area contributed by atoms with Crippen molar-refractivity contribution < 1.29 is 19.1 Å². The number of nitrogens with zero attached hydrogens (tertiary/aromatic N) is 2. The Labute approximate surface area is 155 Å². The number of hydrogen-bond acceptors (Lipinski definition) is 6. The Morgan fingerprint density at radius 3 is 2.54 bits per heavy atom. The number of pyridine rings is 1. The van der Waals surface area contributed by atoms with Crippen molar-refractivity contribution in [3.8, 4) is 0 Å². The number of alkyl carbamates (subject to hydrolysis) is 1. The maximum absolute atomic E-state index is 12.2. The Balaban J connectivity index is 2.18. The summed E-state index contributed by atoms with van der Waals surface area (Å²) in [5.41, 5.74) is 1.14. The van der Waals surface area contributed by atoms with Gasteiger partial charge in [0, 0.05) is 19.3 Å². The van der Waals surface area contributed by atoms with E-state index in [0.29, 0.717) is 0 Å². The molecule has 1 amide bonds. The van der Waals surface area contributed by atoms with Crippen LogP contribution in [0.3, 0.4) is 0 Å². The van der Waals surface area contributed by atoms with E-state index < -0.39 is 23.7 Å². The fraction of sp³-hybridized carbons (Fsp3) is 0.632. The minimum absolute atomic E-state index is 0.0148. The number of anilines is 1. The van der Waals surface area contributed by atoms with E-state index in [9.17, 15) is 9.59 Å². The van der Waals surface area contributed by atoms with Crippen molar-refractivity contribution in [1.82, 2.24) is 10.3 Å². The number of ether oxygens (including phenoxy) is 2. The third-order valence-electron chi connectivity index (χ3n) is 4.16. The van der Waals surface area contributed by atoms with Gasteiger partial charge in [-0.05, 0) is 51.7 Å². The number of rotatable bonds is 5. The molecule has 1 atom stereocenters. The first-order chi connectivity index (χ1) is 12.3. The number of aromatic nitrogens is 1. The van der Waals surface area contributed by atoms with Crippen molar-refractivity contribution in [2.24, 2.45) is 0 Å². The van der Waals surface area contributed by atoms with Crippen molar-refractivity contribution in [2.75, 3.05) is 25.1 Å². The van der Waals surface area contributed by atoms with Crippen LogP contribution in [-0.2, 0) is 14.3 Å². The molecule has 7 nitrogen and oxygen atoms in total. The highest BCUT2D eigenvalue weighted by Crippen LogP contribution is 2.25. The lowest BCUT2D eigenvalue weighted by molar-refractivity contribution is -0.141. The molecule has 1 aliphatic rings. The van der Waals surface area contributed by atoms with Gasteiger partial charge in [-0.3, -0.25) is 9.78 Å². The van der Waals surface area contributed by atoms with E-state index in [-0.39, 0.29) is 6.42 Å². The Morgan fingerprint density at radius 2 is 1.92 bits per heavy atom. The first-order valence-electron chi connectivity index (χ1n) is 9.05. The quantitative estimate of drug-likeness (QED) is 0.809. The van der Waals surface area contributed by atoms with E-state index in [0.717, 1.165) is 37.2 Å². The van der Waals surface area contributed by atoms with E-state index in [1.54, 1.807) is 27.0 Å². The summed E-state index contributed by atoms with van der Waals surface area (Å²) in [6.45, 7) is 7.36. The van der Waals surface area contributed by atoms with Crippen molar-refractivity contribution in [1.29, 1.82) is 0 Å². The number of amides is 1. The second kappa shape index (κ2) is 8.87. The normalized spacial score (nSPS) is 15.9. The van der Waals surface area contributed by atoms with Crippen molar-refractivity contribution in [2.45, 2.75) is 58.1 Å². The Kier molecular flexibility index (Phi) is 6.83. The Morgan fingerprint density at radius 1 is 1.23 bits per heavy atom. The van der Waals surface area contributed by atoms with Gasteiger partial charge in [-0.15, -0.1) is 0 Å². The first-order valence-corrected chi connectivity index (χ1v) is 9.05. The second-order valence-electron chi connectivity index (χ2n) is 7.50. The van der Waals surface area contributed by atoms with Gasteiger partial charge in [0.25, 0.3) is 0 Å². The first kappa shape index (κ1) is 20.0. The lowest BCUT2D eigenvalue weighted by Gasteiger charge is -2.29. The van der Waals surface area contributed by atoms with Gasteiger partial charge in [-0.2, -0.15) is 0 Å². The van der Waals surface area contributed by atoms with Crippen molar-refractivity contribution >= 4 is 17.7 Å². The highest BCUT2D eigenvalue weighted by Gasteiger charge is 2.24. The molecule has 0 aliphatic carbocycles. The highest BCUT2D eigenvalue weighted by molar-refractivity contribution is 5.73. The summed E-state index contributed by atoms with van der Waals surface area (Å²) in [5, 5.41) is 2.76. The molecular weight excluding hydrogens is 334 g/mol. The Hall–Kier alpha value is -2.31. The SMILES string of the molecule is COC(=O)CC(NC(=O)OC(C)(C)C)c1cncc(N2CCCCC2)c1. The molecule has 1 saturated heterocycles. The number of nitrogens with one attached hydrogen (secondary N) is 1. The topological polar surface area (TPSA) is 80.8 Å². The van der Waals surface area contributed by atoms with E-state index in [1.165, 1.54) is 13.5 Å². The molecular formula is C19H29N3O4. The predicted molar refractivity (Wildman–Crippen MR) is 99.0 cm³/mol. The summed E-state index contributed by atoms with van der Waals surface area (Å²) in [5.74, 6) is -0.408. The lowest BCUT2D eigenvalue weighted by atomic mass is 10.0. The van der Waals surface area contributed by atoms with Crippen molar-refractivity contribution in [3.63, 3.8) is 0 Å². The van der Waals surface area contributed by atoms with Crippen LogP contribution >= 0.6 is 0 Å². The highest BCUT2D eigenvalue weighted by atomic mass is 16.6. The zero-order valence-electron chi connectivity index (χ0n) is 16.1. The molecule has 7 heteroatoms. The number of carbonyl (C=O) groups excluding carboxylic acids is 2. The molecule has 0 bridgehead atoms. The summed E-state index contributed by atoms with van der Waals surface area (Å²) in [6, 6.07) is 1.41. The molecule has 144 valence electrons. The predicted octanol–water partition coefficient (Wildman–Crippen LogP) is 3.20. The minimum Gasteiger partial charge on any atom is -0.469 e. The number of carbonyl (C=O) groups is 2. The number of hydrogen-bond donors (Lipinski definition) is 1. The number of piperidine rings is 1. The van der Waals surface area contributed by atoms with E-state index in [2.05, 4.69) is 15.2 Å². The average molecular weight is 363 g/mol. The fourth-order valence-electron chi connectivity index (χ4n) is 2.91. The van der Waals surface area contributed by atoms with Crippen LogP contribution in [0.2, 0.25) is 0 Å². The van der Waals surface area contributed by atoms with Gasteiger partial charge in [0.15, 0.2) is 0 Å². The summed E-state index contributed by atoms with van der Waals surface area (Å²) in [6.07, 6.45) is 6.48. The maximum Gasteiger partial charge on any atom is 0.408 e. The maximum atomic E-state index is 12.2. The molecule has 0 spiro atoms. The second-order valence-corrected chi connectivity index (χ2v) is 7.50. The molecule has 1 aliphatic heterocycles. The fourth-order valence-corrected chi connectivity index (χ4v) is 2.91. The third-order valence-corrected chi connectivity index (χ3v) is 4.16. The Bertz CT molecular complexity index is 621. The van der Waals surface area contributed by atoms with E-state index in [4.69, 9.17) is 9.47 Å². The molecule has 2 rings (SSSR count). The summed E-state index contributed by atoms with van der Waals surface area (Å²) in [4.78, 5) is 30.6. The average Bonchev–Trinajstić information content (AvgIpc) is 2.60. The van der Waals surface area contributed by atoms with Crippen LogP contribution < -0.4 is 10.2 Å². The van der Waals surface area contributed by atoms with Crippen LogP contribution in [0.25, 0.3) is 0 Å². The molecule has 1 N–H and O–H groups in total. The zero-order chi connectivity index (χ0) is 19.2. The molecule has 0 radical (unpaired) electrons. The van der Waals surface area contributed by atoms with Gasteiger partial charge in [0.1, 0.15) is 5.60 Å². The number of esters is 1. The molecule has 0 saturated carbocycles. The molecule has 26 heavy (non-hydrogen) atoms. The van der Waals surface area contributed by atoms with Crippen LogP contribution in [0.1, 0.15) is 58.1 Å². The molecule has 1 unspecified atom stereocenters. The largest absolute Gasteiger partial charge is 0.469 e. The molecule has 1 fully saturated rings. The molecule has 2 heterocycles. The van der Waals surface area contributed by atoms with E-state index in [1.807, 2.05) is 12.3 Å². The summed E-state index contributed by atoms with van der Waals surface area (Å²) in [7, 11) is 1.33. The summed E-state index contributed by atoms with van der Waals surface area (Å²) >= 11 is 0. The van der Waals surface area contributed by atoms with Crippen LogP contribution in [0.15, 0.2) is 18.5 Å². The van der Waals surface area contributed by atoms with Crippen molar-refractivity contribution in [3.05, 3.63) is 24.0 Å². The van der Waals surface area contributed by atoms with Gasteiger partial charge in [0.2, 0.25) is 0 Å². The van der Waals surface area contributed by atoms with Crippen LogP contribution in [0.5, 0.6) is 0 Å². The zero-order valence-corrected chi connectivity index (χ0v) is 16.1. The lowest BCUT2D eigenvalue weighted by Crippen LogP contribution is -2.36. The third kappa shape index (κ3) is 6.20. The van der Waals surface area contributed by atoms with Gasteiger partial charge in [-0.1, -0.05) is 0 Å². The standard InChI is InChI=1S/C19H29N3O4/c1-19(2,3)26-18(24)21-16(11-17(23)25-4)14-10-15(13-20-12-14)22-8-6-5-7-9-22/h10,12-13,16H,5-9,11H2,1-4H3,(H,21,24). The monoisotopic (exact) mass is 363 g/mol. The van der Waals surface area contributed by atoms with Gasteiger partial charge in [-0.25, -0.2) is 4.79 Å². The van der Waals surface area contributed by atoms with Crippen LogP contribution in [0.4, 0.5) is 10.5 Å². The van der Waals surface area contributed by atoms with Gasteiger partial charge < -0.3 is 19.7 Å². The number of methoxy groups -OCH3 is 1. The molecule has 1 aromatic heterocycles. The van der Waals surface area contributed by atoms with Crippen LogP contribution in [0, 0.1) is 0 Å². The summed E-state index contributed by atoms with van der Waals surface area (Å²) < 4.78 is 10.1. The van der Waals surface area contributed by atoms with Crippen LogP contribution in [-0.4, -0.2) is 42.8 Å². The van der Waals surface area contributed by atoms with Gasteiger partial charge >= 0.3 is 12.1 Å². The molecule has 1 aromatic rings.